The summed E-state index contributed by atoms with van der Waals surface area (Å²) in [5, 5.41) is 0. The van der Waals surface area contributed by atoms with Crippen molar-refractivity contribution in [1.82, 2.24) is 4.98 Å². The summed E-state index contributed by atoms with van der Waals surface area (Å²) < 4.78 is 0. The highest BCUT2D eigenvalue weighted by Gasteiger charge is 1.99. The number of rotatable bonds is 4. The molecule has 72 valence electrons. The molecule has 1 rings (SSSR count). The Morgan fingerprint density at radius 2 is 2.14 bits per heavy atom. The number of pyridine rings is 1. The zero-order valence-corrected chi connectivity index (χ0v) is 8.29. The van der Waals surface area contributed by atoms with Gasteiger partial charge in [0.25, 0.3) is 0 Å². The summed E-state index contributed by atoms with van der Waals surface area (Å²) in [4.78, 5) is 15.2. The molecule has 0 unspecified atom stereocenters. The van der Waals surface area contributed by atoms with Crippen molar-refractivity contribution in [3.8, 4) is 11.8 Å². The number of carbonyl (C=O) groups excluding carboxylic acids is 1. The third-order valence-electron chi connectivity index (χ3n) is 1.90. The molecule has 0 aliphatic heterocycles. The number of aromatic nitrogens is 1. The lowest BCUT2D eigenvalue weighted by molar-refractivity contribution is -0.118. The Balaban J connectivity index is 2.33. The number of ketones is 1. The number of carbonyl (C=O) groups is 1. The molecule has 0 saturated carbocycles. The van der Waals surface area contributed by atoms with Gasteiger partial charge in [0.05, 0.1) is 6.42 Å². The van der Waals surface area contributed by atoms with Crippen LogP contribution in [0.1, 0.15) is 25.3 Å². The molecule has 0 aromatic carbocycles. The summed E-state index contributed by atoms with van der Waals surface area (Å²) in [5.74, 6) is 5.69. The lowest BCUT2D eigenvalue weighted by Crippen LogP contribution is -1.98. The predicted molar refractivity (Wildman–Crippen MR) is 55.6 cm³/mol. The quantitative estimate of drug-likeness (QED) is 0.675. The van der Waals surface area contributed by atoms with Gasteiger partial charge in [-0.1, -0.05) is 5.92 Å². The molecule has 1 heterocycles. The second-order valence-electron chi connectivity index (χ2n) is 3.00. The second-order valence-corrected chi connectivity index (χ2v) is 3.00. The van der Waals surface area contributed by atoms with Crippen molar-refractivity contribution >= 4 is 5.78 Å². The van der Waals surface area contributed by atoms with Crippen molar-refractivity contribution in [3.05, 3.63) is 30.1 Å². The Bertz CT molecular complexity index is 346. The topological polar surface area (TPSA) is 30.0 Å². The zero-order valence-electron chi connectivity index (χ0n) is 8.29. The van der Waals surface area contributed by atoms with Gasteiger partial charge in [-0.3, -0.25) is 9.78 Å². The summed E-state index contributed by atoms with van der Waals surface area (Å²) in [6.45, 7) is 1.75. The maximum atomic E-state index is 11.3. The Hall–Kier alpha value is -1.62. The van der Waals surface area contributed by atoms with Crippen LogP contribution in [0.25, 0.3) is 0 Å². The van der Waals surface area contributed by atoms with Crippen LogP contribution in [0, 0.1) is 11.8 Å². The molecule has 2 heteroatoms. The first kappa shape index (κ1) is 10.5. The van der Waals surface area contributed by atoms with E-state index in [1.54, 1.807) is 19.3 Å². The lowest BCUT2D eigenvalue weighted by atomic mass is 10.1. The van der Waals surface area contributed by atoms with E-state index in [1.807, 2.05) is 12.1 Å². The van der Waals surface area contributed by atoms with Crippen molar-refractivity contribution in [3.63, 3.8) is 0 Å². The molecular weight excluding hydrogens is 174 g/mol. The van der Waals surface area contributed by atoms with E-state index in [0.29, 0.717) is 12.8 Å². The van der Waals surface area contributed by atoms with Crippen LogP contribution in [0.5, 0.6) is 0 Å². The molecule has 0 spiro atoms. The summed E-state index contributed by atoms with van der Waals surface area (Å²) in [6, 6.07) is 3.86. The number of hydrogen-bond acceptors (Lipinski definition) is 2. The molecule has 2 nitrogen and oxygen atoms in total. The van der Waals surface area contributed by atoms with Gasteiger partial charge in [-0.15, -0.1) is 5.92 Å². The van der Waals surface area contributed by atoms with Gasteiger partial charge in [-0.05, 0) is 31.0 Å². The molecule has 0 aliphatic carbocycles. The first-order chi connectivity index (χ1) is 6.83. The van der Waals surface area contributed by atoms with Crippen molar-refractivity contribution < 1.29 is 4.79 Å². The van der Waals surface area contributed by atoms with Gasteiger partial charge >= 0.3 is 0 Å². The van der Waals surface area contributed by atoms with E-state index in [0.717, 1.165) is 12.0 Å². The van der Waals surface area contributed by atoms with Crippen LogP contribution in [-0.4, -0.2) is 10.8 Å². The summed E-state index contributed by atoms with van der Waals surface area (Å²) in [6.07, 6.45) is 5.21. The van der Waals surface area contributed by atoms with Crippen molar-refractivity contribution in [1.29, 1.82) is 0 Å². The lowest BCUT2D eigenvalue weighted by Gasteiger charge is -1.97. The van der Waals surface area contributed by atoms with Crippen LogP contribution in [-0.2, 0) is 11.2 Å². The van der Waals surface area contributed by atoms with E-state index in [9.17, 15) is 4.79 Å². The smallest absolute Gasteiger partial charge is 0.145 e. The zero-order chi connectivity index (χ0) is 10.2. The van der Waals surface area contributed by atoms with Crippen LogP contribution in [0.2, 0.25) is 0 Å². The highest BCUT2D eigenvalue weighted by Crippen LogP contribution is 2.02. The van der Waals surface area contributed by atoms with E-state index in [2.05, 4.69) is 16.8 Å². The molecule has 0 atom stereocenters. The molecule has 1 aromatic heterocycles. The summed E-state index contributed by atoms with van der Waals surface area (Å²) in [7, 11) is 0. The van der Waals surface area contributed by atoms with Crippen molar-refractivity contribution in [2.24, 2.45) is 0 Å². The fraction of sp³-hybridized carbons (Fsp3) is 0.333. The van der Waals surface area contributed by atoms with Crippen LogP contribution in [0.4, 0.5) is 0 Å². The van der Waals surface area contributed by atoms with Crippen LogP contribution < -0.4 is 0 Å². The van der Waals surface area contributed by atoms with Gasteiger partial charge < -0.3 is 0 Å². The maximum Gasteiger partial charge on any atom is 0.145 e. The Morgan fingerprint density at radius 3 is 2.79 bits per heavy atom. The van der Waals surface area contributed by atoms with Crippen LogP contribution in [0.3, 0.4) is 0 Å². The van der Waals surface area contributed by atoms with E-state index in [1.165, 1.54) is 0 Å². The molecule has 0 radical (unpaired) electrons. The minimum absolute atomic E-state index is 0.205. The SMILES string of the molecule is CC#CCC(=O)CCc1ccncc1. The van der Waals surface area contributed by atoms with Gasteiger partial charge in [0.1, 0.15) is 5.78 Å². The van der Waals surface area contributed by atoms with Crippen molar-refractivity contribution in [2.75, 3.05) is 0 Å². The predicted octanol–water partition coefficient (Wildman–Crippen LogP) is 2.00. The Kier molecular flexibility index (Phi) is 4.43. The average Bonchev–Trinajstić information content (AvgIpc) is 2.25. The molecule has 0 aliphatic rings. The van der Waals surface area contributed by atoms with E-state index in [4.69, 9.17) is 0 Å². The van der Waals surface area contributed by atoms with E-state index in [-0.39, 0.29) is 5.78 Å². The third-order valence-corrected chi connectivity index (χ3v) is 1.90. The van der Waals surface area contributed by atoms with Crippen LogP contribution >= 0.6 is 0 Å². The molecular formula is C12H13NO. The van der Waals surface area contributed by atoms with E-state index < -0.39 is 0 Å². The maximum absolute atomic E-state index is 11.3. The third kappa shape index (κ3) is 3.86. The fourth-order valence-corrected chi connectivity index (χ4v) is 1.11. The average molecular weight is 187 g/mol. The van der Waals surface area contributed by atoms with Gasteiger partial charge in [0.2, 0.25) is 0 Å². The molecule has 0 N–H and O–H groups in total. The Labute approximate surface area is 84.4 Å². The van der Waals surface area contributed by atoms with Gasteiger partial charge in [-0.2, -0.15) is 0 Å². The largest absolute Gasteiger partial charge is 0.299 e. The normalized spacial score (nSPS) is 8.93. The number of aryl methyl sites for hydroxylation is 1. The molecule has 14 heavy (non-hydrogen) atoms. The number of nitrogens with zero attached hydrogens (tertiary/aromatic N) is 1. The summed E-state index contributed by atoms with van der Waals surface area (Å²) in [5.41, 5.74) is 1.15. The first-order valence-corrected chi connectivity index (χ1v) is 4.63. The highest BCUT2D eigenvalue weighted by atomic mass is 16.1. The second kappa shape index (κ2) is 5.93. The van der Waals surface area contributed by atoms with Gasteiger partial charge in [-0.25, -0.2) is 0 Å². The Morgan fingerprint density at radius 1 is 1.43 bits per heavy atom. The molecule has 0 amide bonds. The minimum Gasteiger partial charge on any atom is -0.299 e. The monoisotopic (exact) mass is 187 g/mol. The van der Waals surface area contributed by atoms with Crippen LogP contribution in [0.15, 0.2) is 24.5 Å². The molecule has 1 aromatic rings. The molecule has 0 fully saturated rings. The van der Waals surface area contributed by atoms with Gasteiger partial charge in [0.15, 0.2) is 0 Å². The van der Waals surface area contributed by atoms with Gasteiger partial charge in [0, 0.05) is 18.8 Å². The number of hydrogen-bond donors (Lipinski definition) is 0. The highest BCUT2D eigenvalue weighted by molar-refractivity contribution is 5.80. The first-order valence-electron chi connectivity index (χ1n) is 4.63. The molecule has 0 bridgehead atoms. The standard InChI is InChI=1S/C12H13NO/c1-2-3-4-12(14)6-5-11-7-9-13-10-8-11/h7-10H,4-6H2,1H3. The minimum atomic E-state index is 0.205. The number of Topliss-reactive ketones (excluding diaryl/α,β-unsaturated/α-hetero) is 1. The van der Waals surface area contributed by atoms with Crippen molar-refractivity contribution in [2.45, 2.75) is 26.2 Å². The summed E-state index contributed by atoms with van der Waals surface area (Å²) >= 11 is 0. The fourth-order valence-electron chi connectivity index (χ4n) is 1.11. The molecule has 0 saturated heterocycles. The van der Waals surface area contributed by atoms with E-state index >= 15 is 0 Å².